The molecule has 0 fully saturated rings. The Bertz CT molecular complexity index is 391. The average molecular weight is 289 g/mol. The SMILES string of the molecule is COc1cc(CNCCCOS(=O)O)cc(OC)c1. The third kappa shape index (κ3) is 6.53. The zero-order valence-corrected chi connectivity index (χ0v) is 11.9. The lowest BCUT2D eigenvalue weighted by atomic mass is 10.2. The maximum Gasteiger partial charge on any atom is 0.301 e. The van der Waals surface area contributed by atoms with Crippen LogP contribution in [0.1, 0.15) is 12.0 Å². The highest BCUT2D eigenvalue weighted by Crippen LogP contribution is 2.22. The summed E-state index contributed by atoms with van der Waals surface area (Å²) >= 11 is -2.18. The van der Waals surface area contributed by atoms with Crippen LogP contribution in [0.3, 0.4) is 0 Å². The van der Waals surface area contributed by atoms with E-state index in [1.165, 1.54) is 0 Å². The molecule has 6 nitrogen and oxygen atoms in total. The number of nitrogens with one attached hydrogen (secondary N) is 1. The van der Waals surface area contributed by atoms with E-state index in [2.05, 4.69) is 9.50 Å². The van der Waals surface area contributed by atoms with Crippen molar-refractivity contribution in [2.45, 2.75) is 13.0 Å². The Morgan fingerprint density at radius 2 is 1.84 bits per heavy atom. The molecular weight excluding hydrogens is 270 g/mol. The molecule has 0 aliphatic carbocycles. The molecule has 1 aromatic rings. The topological polar surface area (TPSA) is 77.0 Å². The van der Waals surface area contributed by atoms with E-state index in [0.29, 0.717) is 19.5 Å². The Balaban J connectivity index is 2.34. The van der Waals surface area contributed by atoms with Gasteiger partial charge < -0.3 is 14.8 Å². The normalized spacial score (nSPS) is 12.2. The molecule has 0 aromatic heterocycles. The fourth-order valence-corrected chi connectivity index (χ4v) is 1.79. The van der Waals surface area contributed by atoms with Crippen LogP contribution in [0.15, 0.2) is 18.2 Å². The molecule has 19 heavy (non-hydrogen) atoms. The first-order valence-corrected chi connectivity index (χ1v) is 6.85. The highest BCUT2D eigenvalue weighted by Gasteiger charge is 2.01. The van der Waals surface area contributed by atoms with Crippen LogP contribution in [0.4, 0.5) is 0 Å². The van der Waals surface area contributed by atoms with E-state index in [4.69, 9.17) is 14.0 Å². The molecule has 0 amide bonds. The van der Waals surface area contributed by atoms with Crippen LogP contribution < -0.4 is 14.8 Å². The minimum atomic E-state index is -2.18. The van der Waals surface area contributed by atoms with Crippen molar-refractivity contribution in [2.24, 2.45) is 0 Å². The first-order chi connectivity index (χ1) is 9.15. The van der Waals surface area contributed by atoms with Gasteiger partial charge in [-0.2, -0.15) is 4.21 Å². The van der Waals surface area contributed by atoms with Crippen LogP contribution >= 0.6 is 0 Å². The van der Waals surface area contributed by atoms with Gasteiger partial charge in [0.1, 0.15) is 11.5 Å². The van der Waals surface area contributed by atoms with Crippen LogP contribution in [-0.2, 0) is 22.1 Å². The average Bonchev–Trinajstić information content (AvgIpc) is 2.41. The summed E-state index contributed by atoms with van der Waals surface area (Å²) in [6, 6.07) is 5.66. The van der Waals surface area contributed by atoms with Crippen LogP contribution in [0.25, 0.3) is 0 Å². The summed E-state index contributed by atoms with van der Waals surface area (Å²) in [6.07, 6.45) is 0.660. The zero-order valence-electron chi connectivity index (χ0n) is 11.0. The van der Waals surface area contributed by atoms with Gasteiger partial charge in [-0.1, -0.05) is 0 Å². The highest BCUT2D eigenvalue weighted by atomic mass is 32.2. The third-order valence-corrected chi connectivity index (χ3v) is 2.79. The Labute approximate surface area is 115 Å². The summed E-state index contributed by atoms with van der Waals surface area (Å²) < 4.78 is 33.5. The minimum absolute atomic E-state index is 0.248. The standard InChI is InChI=1S/C12H19NO5S/c1-16-11-6-10(7-12(8-11)17-2)9-13-4-3-5-18-19(14)15/h6-8,13H,3-5,9H2,1-2H3,(H,14,15). The van der Waals surface area contributed by atoms with Gasteiger partial charge in [0.25, 0.3) is 0 Å². The van der Waals surface area contributed by atoms with Crippen molar-refractivity contribution < 1.29 is 22.4 Å². The molecule has 1 atom stereocenters. The zero-order chi connectivity index (χ0) is 14.1. The summed E-state index contributed by atoms with van der Waals surface area (Å²) in [5, 5.41) is 3.21. The Hall–Kier alpha value is -1.15. The van der Waals surface area contributed by atoms with E-state index in [-0.39, 0.29) is 6.61 Å². The van der Waals surface area contributed by atoms with Gasteiger partial charge >= 0.3 is 11.4 Å². The van der Waals surface area contributed by atoms with Crippen molar-refractivity contribution in [1.82, 2.24) is 5.32 Å². The van der Waals surface area contributed by atoms with Gasteiger partial charge in [-0.3, -0.25) is 8.74 Å². The molecule has 0 bridgehead atoms. The molecule has 0 saturated heterocycles. The summed E-state index contributed by atoms with van der Waals surface area (Å²) in [5.41, 5.74) is 1.04. The Morgan fingerprint density at radius 1 is 1.21 bits per heavy atom. The van der Waals surface area contributed by atoms with Gasteiger partial charge in [0.15, 0.2) is 0 Å². The second-order valence-corrected chi connectivity index (χ2v) is 4.46. The number of rotatable bonds is 9. The number of benzene rings is 1. The highest BCUT2D eigenvalue weighted by molar-refractivity contribution is 7.74. The molecular formula is C12H19NO5S. The van der Waals surface area contributed by atoms with E-state index < -0.39 is 11.4 Å². The predicted octanol–water partition coefficient (Wildman–Crippen LogP) is 1.34. The Kier molecular flexibility index (Phi) is 7.42. The molecule has 0 spiro atoms. The summed E-state index contributed by atoms with van der Waals surface area (Å²) in [7, 11) is 3.22. The van der Waals surface area contributed by atoms with Crippen molar-refractivity contribution >= 4 is 11.4 Å². The first kappa shape index (κ1) is 15.9. The van der Waals surface area contributed by atoms with E-state index >= 15 is 0 Å². The van der Waals surface area contributed by atoms with Crippen molar-refractivity contribution in [2.75, 3.05) is 27.4 Å². The van der Waals surface area contributed by atoms with Crippen molar-refractivity contribution in [3.8, 4) is 11.5 Å². The number of hydrogen-bond acceptors (Lipinski definition) is 5. The monoisotopic (exact) mass is 289 g/mol. The molecule has 0 aliphatic rings. The molecule has 2 N–H and O–H groups in total. The Morgan fingerprint density at radius 3 is 2.37 bits per heavy atom. The molecule has 0 heterocycles. The lowest BCUT2D eigenvalue weighted by Gasteiger charge is -2.09. The fraction of sp³-hybridized carbons (Fsp3) is 0.500. The van der Waals surface area contributed by atoms with E-state index in [0.717, 1.165) is 17.1 Å². The lowest BCUT2D eigenvalue weighted by molar-refractivity contribution is 0.299. The smallest absolute Gasteiger partial charge is 0.301 e. The minimum Gasteiger partial charge on any atom is -0.497 e. The van der Waals surface area contributed by atoms with Crippen molar-refractivity contribution in [3.63, 3.8) is 0 Å². The second-order valence-electron chi connectivity index (χ2n) is 3.79. The predicted molar refractivity (Wildman–Crippen MR) is 72.6 cm³/mol. The second kappa shape index (κ2) is 8.87. The number of hydrogen-bond donors (Lipinski definition) is 2. The van der Waals surface area contributed by atoms with Crippen LogP contribution in [-0.4, -0.2) is 36.1 Å². The molecule has 0 radical (unpaired) electrons. The van der Waals surface area contributed by atoms with Crippen LogP contribution in [0, 0.1) is 0 Å². The molecule has 1 rings (SSSR count). The molecule has 7 heteroatoms. The van der Waals surface area contributed by atoms with Gasteiger partial charge in [-0.15, -0.1) is 0 Å². The van der Waals surface area contributed by atoms with Gasteiger partial charge in [0.2, 0.25) is 0 Å². The fourth-order valence-electron chi connectivity index (χ4n) is 1.53. The molecule has 108 valence electrons. The number of methoxy groups -OCH3 is 2. The summed E-state index contributed by atoms with van der Waals surface area (Å²) in [5.74, 6) is 1.49. The van der Waals surface area contributed by atoms with Crippen molar-refractivity contribution in [1.29, 1.82) is 0 Å². The first-order valence-electron chi connectivity index (χ1n) is 5.82. The molecule has 1 unspecified atom stereocenters. The third-order valence-electron chi connectivity index (χ3n) is 2.42. The van der Waals surface area contributed by atoms with E-state index in [1.54, 1.807) is 14.2 Å². The largest absolute Gasteiger partial charge is 0.497 e. The van der Waals surface area contributed by atoms with E-state index in [1.807, 2.05) is 18.2 Å². The van der Waals surface area contributed by atoms with Gasteiger partial charge in [-0.25, -0.2) is 0 Å². The summed E-state index contributed by atoms with van der Waals surface area (Å²) in [4.78, 5) is 0. The quantitative estimate of drug-likeness (QED) is 0.527. The van der Waals surface area contributed by atoms with Gasteiger partial charge in [-0.05, 0) is 30.7 Å². The van der Waals surface area contributed by atoms with Crippen LogP contribution in [0.5, 0.6) is 11.5 Å². The van der Waals surface area contributed by atoms with Crippen molar-refractivity contribution in [3.05, 3.63) is 23.8 Å². The van der Waals surface area contributed by atoms with Gasteiger partial charge in [0, 0.05) is 12.6 Å². The summed E-state index contributed by atoms with van der Waals surface area (Å²) in [6.45, 7) is 1.60. The maximum absolute atomic E-state index is 10.2. The molecule has 0 saturated carbocycles. The maximum atomic E-state index is 10.2. The lowest BCUT2D eigenvalue weighted by Crippen LogP contribution is -2.16. The van der Waals surface area contributed by atoms with E-state index in [9.17, 15) is 4.21 Å². The van der Waals surface area contributed by atoms with Gasteiger partial charge in [0.05, 0.1) is 20.8 Å². The number of ether oxygens (including phenoxy) is 2. The molecule has 1 aromatic carbocycles. The van der Waals surface area contributed by atoms with Crippen LogP contribution in [0.2, 0.25) is 0 Å². The molecule has 0 aliphatic heterocycles.